The predicted octanol–water partition coefficient (Wildman–Crippen LogP) is 4.32. The molecule has 3 saturated carbocycles. The van der Waals surface area contributed by atoms with Gasteiger partial charge in [-0.3, -0.25) is 14.4 Å². The molecule has 9 nitrogen and oxygen atoms in total. The van der Waals surface area contributed by atoms with Gasteiger partial charge in [-0.15, -0.1) is 16.7 Å². The fourth-order valence-corrected chi connectivity index (χ4v) is 10.1. The molecule has 1 saturated heterocycles. The number of nitrogens with zero attached hydrogens (tertiary/aromatic N) is 1. The maximum absolute atomic E-state index is 13.0. The maximum atomic E-state index is 13.0. The molecule has 0 aromatic heterocycles. The Bertz CT molecular complexity index is 1220. The van der Waals surface area contributed by atoms with E-state index in [1.807, 2.05) is 40.7 Å². The third-order valence-corrected chi connectivity index (χ3v) is 12.3. The lowest BCUT2D eigenvalue weighted by Gasteiger charge is -2.66. The van der Waals surface area contributed by atoms with E-state index in [2.05, 4.69) is 0 Å². The van der Waals surface area contributed by atoms with E-state index in [0.29, 0.717) is 19.3 Å². The van der Waals surface area contributed by atoms with Crippen molar-refractivity contribution in [3.63, 3.8) is 0 Å². The molecular weight excluding hydrogens is 550 g/mol. The summed E-state index contributed by atoms with van der Waals surface area (Å²) >= 11 is 7.63. The quantitative estimate of drug-likeness (QED) is 0.354. The monoisotopic (exact) mass is 593 g/mol. The van der Waals surface area contributed by atoms with Gasteiger partial charge in [0, 0.05) is 30.1 Å². The van der Waals surface area contributed by atoms with Crippen LogP contribution in [0.3, 0.4) is 0 Å². The van der Waals surface area contributed by atoms with Crippen molar-refractivity contribution in [3.05, 3.63) is 23.8 Å². The van der Waals surface area contributed by atoms with Crippen LogP contribution in [0.1, 0.15) is 80.6 Å². The highest BCUT2D eigenvalue weighted by atomic mass is 35.5. The number of alkyl halides is 1. The van der Waals surface area contributed by atoms with Crippen molar-refractivity contribution in [2.24, 2.45) is 28.6 Å². The Morgan fingerprint density at radius 3 is 2.49 bits per heavy atom. The molecule has 3 unspecified atom stereocenters. The third kappa shape index (κ3) is 3.78. The van der Waals surface area contributed by atoms with Crippen molar-refractivity contribution < 1.29 is 38.9 Å². The number of esters is 2. The number of fused-ring (bicyclic) bond motifs is 5. The van der Waals surface area contributed by atoms with Crippen LogP contribution in [0, 0.1) is 28.6 Å². The number of ketones is 1. The molecule has 4 fully saturated rings. The summed E-state index contributed by atoms with van der Waals surface area (Å²) in [6, 6.07) is 0. The summed E-state index contributed by atoms with van der Waals surface area (Å²) in [5, 5.41) is 25.1. The van der Waals surface area contributed by atoms with E-state index in [1.54, 1.807) is 13.0 Å². The zero-order chi connectivity index (χ0) is 30.4. The van der Waals surface area contributed by atoms with Crippen molar-refractivity contribution in [2.45, 2.75) is 108 Å². The second kappa shape index (κ2) is 9.61. The lowest BCUT2D eigenvalue weighted by atomic mass is 9.45. The maximum Gasteiger partial charge on any atom is 0.305 e. The van der Waals surface area contributed by atoms with Gasteiger partial charge in [0.2, 0.25) is 5.72 Å². The SMILES string of the molecule is CCC(=O)OCC1([C@@]2(OC(C)=O)[C@@H](C)CC3C4CCC5=CC(=O)C=C[C@]5(C)[C@@]4(Cl)[C@@H](O)C[C@@]32C)OCC(C)(C)N1O. The van der Waals surface area contributed by atoms with E-state index in [4.69, 9.17) is 25.8 Å². The molecule has 5 rings (SSSR count). The first-order chi connectivity index (χ1) is 19.0. The Morgan fingerprint density at radius 1 is 1.22 bits per heavy atom. The zero-order valence-electron chi connectivity index (χ0n) is 25.2. The van der Waals surface area contributed by atoms with Crippen molar-refractivity contribution in [1.29, 1.82) is 0 Å². The van der Waals surface area contributed by atoms with Crippen LogP contribution in [-0.2, 0) is 28.6 Å². The largest absolute Gasteiger partial charge is 0.461 e. The second-order valence-electron chi connectivity index (χ2n) is 13.9. The van der Waals surface area contributed by atoms with E-state index in [9.17, 15) is 24.7 Å². The number of rotatable bonds is 5. The summed E-state index contributed by atoms with van der Waals surface area (Å²) in [7, 11) is 0. The molecule has 1 heterocycles. The minimum Gasteiger partial charge on any atom is -0.461 e. The fraction of sp³-hybridized carbons (Fsp3) is 0.774. The molecule has 9 atom stereocenters. The molecule has 0 aromatic carbocycles. The Hall–Kier alpha value is -1.78. The number of allylic oxidation sites excluding steroid dienone is 4. The number of hydrogen-bond acceptors (Lipinski definition) is 9. The van der Waals surface area contributed by atoms with Gasteiger partial charge in [-0.25, -0.2) is 0 Å². The highest BCUT2D eigenvalue weighted by Crippen LogP contribution is 2.74. The average Bonchev–Trinajstić information content (AvgIpc) is 3.26. The summed E-state index contributed by atoms with van der Waals surface area (Å²) in [6.45, 7) is 12.3. The Kier molecular flexibility index (Phi) is 7.19. The number of halogens is 1. The van der Waals surface area contributed by atoms with Gasteiger partial charge in [0.25, 0.3) is 0 Å². The standard InChI is InChI=1S/C31H44ClNO8/c1-8-25(37)39-17-29(33(38)26(4,5)16-40-29)31(41-19(3)34)18(2)13-23-22-10-9-20-14-21(35)11-12-27(20,6)30(22,32)24(36)15-28(23,31)7/h11-12,14,18,22-24,36,38H,8-10,13,15-17H2,1-7H3/t18-,22?,23?,24-,27-,28-,29?,30-,31+/m0/s1. The molecule has 4 aliphatic carbocycles. The molecule has 10 heteroatoms. The molecule has 0 radical (unpaired) electrons. The fourth-order valence-electron chi connectivity index (χ4n) is 9.55. The highest BCUT2D eigenvalue weighted by Gasteiger charge is 2.82. The van der Waals surface area contributed by atoms with Crippen LogP contribution in [0.5, 0.6) is 0 Å². The number of hydroxylamine groups is 2. The summed E-state index contributed by atoms with van der Waals surface area (Å²) in [5.41, 5.74) is -4.90. The van der Waals surface area contributed by atoms with Crippen LogP contribution in [0.4, 0.5) is 0 Å². The second-order valence-corrected chi connectivity index (χ2v) is 14.6. The van der Waals surface area contributed by atoms with E-state index < -0.39 is 50.6 Å². The van der Waals surface area contributed by atoms with Gasteiger partial charge in [0.05, 0.1) is 23.1 Å². The van der Waals surface area contributed by atoms with Gasteiger partial charge >= 0.3 is 11.9 Å². The van der Waals surface area contributed by atoms with Gasteiger partial charge < -0.3 is 24.5 Å². The van der Waals surface area contributed by atoms with E-state index in [0.717, 1.165) is 10.6 Å². The first kappa shape index (κ1) is 30.7. The minimum absolute atomic E-state index is 0.0812. The number of aliphatic hydroxyl groups is 1. The molecule has 1 aliphatic heterocycles. The molecule has 5 aliphatic rings. The minimum atomic E-state index is -1.73. The number of ether oxygens (including phenoxy) is 3. The normalized spacial score (nSPS) is 46.8. The molecule has 2 N–H and O–H groups in total. The number of aliphatic hydroxyl groups excluding tert-OH is 1. The van der Waals surface area contributed by atoms with Crippen molar-refractivity contribution >= 4 is 29.3 Å². The number of hydrogen-bond donors (Lipinski definition) is 2. The summed E-state index contributed by atoms with van der Waals surface area (Å²) in [6.07, 6.45) is 6.10. The third-order valence-electron chi connectivity index (χ3n) is 11.4. The van der Waals surface area contributed by atoms with E-state index in [-0.39, 0.29) is 49.6 Å². The molecule has 228 valence electrons. The predicted molar refractivity (Wildman–Crippen MR) is 150 cm³/mol. The van der Waals surface area contributed by atoms with Crippen molar-refractivity contribution in [3.8, 4) is 0 Å². The first-order valence-electron chi connectivity index (χ1n) is 14.8. The highest BCUT2D eigenvalue weighted by molar-refractivity contribution is 6.26. The van der Waals surface area contributed by atoms with Gasteiger partial charge in [-0.1, -0.05) is 39.3 Å². The Balaban J connectivity index is 1.70. The van der Waals surface area contributed by atoms with Crippen LogP contribution >= 0.6 is 11.6 Å². The van der Waals surface area contributed by atoms with E-state index in [1.165, 1.54) is 13.0 Å². The average molecular weight is 594 g/mol. The van der Waals surface area contributed by atoms with Crippen LogP contribution in [0.25, 0.3) is 0 Å². The Morgan fingerprint density at radius 2 is 1.90 bits per heavy atom. The van der Waals surface area contributed by atoms with Crippen LogP contribution in [0.2, 0.25) is 0 Å². The number of carbonyl (C=O) groups is 3. The summed E-state index contributed by atoms with van der Waals surface area (Å²) in [4.78, 5) is 36.6. The first-order valence-corrected chi connectivity index (χ1v) is 15.1. The summed E-state index contributed by atoms with van der Waals surface area (Å²) in [5.74, 6) is -1.85. The van der Waals surface area contributed by atoms with Gasteiger partial charge in [0.1, 0.15) is 6.61 Å². The van der Waals surface area contributed by atoms with Crippen LogP contribution in [-0.4, -0.2) is 74.2 Å². The van der Waals surface area contributed by atoms with Crippen molar-refractivity contribution in [2.75, 3.05) is 13.2 Å². The van der Waals surface area contributed by atoms with Crippen molar-refractivity contribution in [1.82, 2.24) is 5.06 Å². The van der Waals surface area contributed by atoms with Crippen LogP contribution < -0.4 is 0 Å². The molecule has 41 heavy (non-hydrogen) atoms. The lowest BCUT2D eigenvalue weighted by Crippen LogP contribution is -2.77. The van der Waals surface area contributed by atoms with Gasteiger partial charge in [-0.05, 0) is 63.5 Å². The molecule has 0 bridgehead atoms. The molecule has 0 spiro atoms. The molecule has 0 aromatic rings. The molecular formula is C31H44ClNO8. The molecule has 0 amide bonds. The van der Waals surface area contributed by atoms with Gasteiger partial charge in [0.15, 0.2) is 11.4 Å². The van der Waals surface area contributed by atoms with E-state index >= 15 is 0 Å². The topological polar surface area (TPSA) is 123 Å². The van der Waals surface area contributed by atoms with Gasteiger partial charge in [-0.2, -0.15) is 0 Å². The smallest absolute Gasteiger partial charge is 0.305 e. The number of carbonyl (C=O) groups excluding carboxylic acids is 3. The lowest BCUT2D eigenvalue weighted by molar-refractivity contribution is -0.360. The van der Waals surface area contributed by atoms with Crippen LogP contribution in [0.15, 0.2) is 23.8 Å². The Labute approximate surface area is 247 Å². The zero-order valence-corrected chi connectivity index (χ0v) is 25.9. The summed E-state index contributed by atoms with van der Waals surface area (Å²) < 4.78 is 18.6.